The Morgan fingerprint density at radius 2 is 1.89 bits per heavy atom. The Morgan fingerprint density at radius 3 is 2.63 bits per heavy atom. The number of nitrogens with one attached hydrogen (secondary N) is 1. The molecule has 3 aromatic rings. The van der Waals surface area contributed by atoms with Crippen LogP contribution >= 0.6 is 0 Å². The fourth-order valence-corrected chi connectivity index (χ4v) is 2.88. The number of fused-ring (bicyclic) bond motifs is 1. The van der Waals surface area contributed by atoms with Crippen molar-refractivity contribution in [2.24, 2.45) is 0 Å². The van der Waals surface area contributed by atoms with Gasteiger partial charge in [0.25, 0.3) is 5.91 Å². The second-order valence-electron chi connectivity index (χ2n) is 6.55. The zero-order valence-corrected chi connectivity index (χ0v) is 15.6. The van der Waals surface area contributed by atoms with Crippen LogP contribution in [0.1, 0.15) is 30.0 Å². The van der Waals surface area contributed by atoms with E-state index in [-0.39, 0.29) is 18.1 Å². The van der Waals surface area contributed by atoms with E-state index in [9.17, 15) is 9.59 Å². The Kier molecular flexibility index (Phi) is 5.91. The lowest BCUT2D eigenvalue weighted by Gasteiger charge is -2.09. The summed E-state index contributed by atoms with van der Waals surface area (Å²) in [4.78, 5) is 23.7. The fourth-order valence-electron chi connectivity index (χ4n) is 2.88. The first kappa shape index (κ1) is 18.7. The van der Waals surface area contributed by atoms with E-state index in [2.05, 4.69) is 12.2 Å². The van der Waals surface area contributed by atoms with Crippen LogP contribution in [0.2, 0.25) is 0 Å². The number of carbonyl (C=O) groups is 1. The molecule has 0 saturated carbocycles. The van der Waals surface area contributed by atoms with E-state index in [0.717, 1.165) is 29.4 Å². The monoisotopic (exact) mass is 365 g/mol. The molecule has 0 aliphatic heterocycles. The molecule has 0 fully saturated rings. The predicted molar refractivity (Wildman–Crippen MR) is 105 cm³/mol. The number of hydrogen-bond acceptors (Lipinski definition) is 4. The van der Waals surface area contributed by atoms with Crippen molar-refractivity contribution in [2.45, 2.75) is 33.2 Å². The highest BCUT2D eigenvalue weighted by molar-refractivity contribution is 5.82. The van der Waals surface area contributed by atoms with Crippen LogP contribution < -0.4 is 15.7 Å². The third kappa shape index (κ3) is 4.97. The van der Waals surface area contributed by atoms with Crippen LogP contribution in [-0.2, 0) is 17.8 Å². The highest BCUT2D eigenvalue weighted by atomic mass is 16.5. The zero-order chi connectivity index (χ0) is 19.2. The maximum absolute atomic E-state index is 12.0. The molecule has 0 aliphatic rings. The average molecular weight is 365 g/mol. The molecule has 0 spiro atoms. The van der Waals surface area contributed by atoms with E-state index >= 15 is 0 Å². The topological polar surface area (TPSA) is 68.5 Å². The quantitative estimate of drug-likeness (QED) is 0.648. The van der Waals surface area contributed by atoms with Crippen LogP contribution in [0.5, 0.6) is 5.75 Å². The maximum Gasteiger partial charge on any atom is 0.336 e. The summed E-state index contributed by atoms with van der Waals surface area (Å²) >= 11 is 0. The van der Waals surface area contributed by atoms with Crippen LogP contribution in [-0.4, -0.2) is 12.5 Å². The first-order valence-electron chi connectivity index (χ1n) is 9.07. The van der Waals surface area contributed by atoms with Crippen molar-refractivity contribution in [3.63, 3.8) is 0 Å². The summed E-state index contributed by atoms with van der Waals surface area (Å²) in [6.45, 7) is 4.44. The first-order valence-corrected chi connectivity index (χ1v) is 9.07. The molecule has 27 heavy (non-hydrogen) atoms. The van der Waals surface area contributed by atoms with E-state index in [1.165, 1.54) is 11.6 Å². The van der Waals surface area contributed by atoms with Crippen molar-refractivity contribution in [3.8, 4) is 5.75 Å². The fraction of sp³-hybridized carbons (Fsp3) is 0.273. The van der Waals surface area contributed by atoms with E-state index in [4.69, 9.17) is 9.15 Å². The van der Waals surface area contributed by atoms with Gasteiger partial charge in [-0.05, 0) is 36.6 Å². The van der Waals surface area contributed by atoms with Gasteiger partial charge in [-0.1, -0.05) is 43.2 Å². The van der Waals surface area contributed by atoms with E-state index in [0.29, 0.717) is 17.9 Å². The molecule has 5 nitrogen and oxygen atoms in total. The predicted octanol–water partition coefficient (Wildman–Crippen LogP) is 3.75. The molecule has 140 valence electrons. The Hall–Kier alpha value is -3.08. The van der Waals surface area contributed by atoms with Gasteiger partial charge in [-0.2, -0.15) is 0 Å². The Balaban J connectivity index is 1.61. The first-order chi connectivity index (χ1) is 13.0. The number of aryl methyl sites for hydroxylation is 2. The van der Waals surface area contributed by atoms with Gasteiger partial charge in [0.15, 0.2) is 6.61 Å². The number of rotatable bonds is 7. The largest absolute Gasteiger partial charge is 0.484 e. The second kappa shape index (κ2) is 8.54. The highest BCUT2D eigenvalue weighted by Crippen LogP contribution is 2.23. The highest BCUT2D eigenvalue weighted by Gasteiger charge is 2.08. The van der Waals surface area contributed by atoms with Crippen molar-refractivity contribution in [3.05, 3.63) is 75.6 Å². The van der Waals surface area contributed by atoms with Gasteiger partial charge in [-0.15, -0.1) is 0 Å². The molecule has 2 aromatic carbocycles. The van der Waals surface area contributed by atoms with Crippen LogP contribution in [0.4, 0.5) is 0 Å². The Bertz CT molecular complexity index is 989. The number of hydrogen-bond donors (Lipinski definition) is 1. The summed E-state index contributed by atoms with van der Waals surface area (Å²) in [5, 5.41) is 3.72. The van der Waals surface area contributed by atoms with Crippen LogP contribution in [0.25, 0.3) is 11.0 Å². The molecule has 0 radical (unpaired) electrons. The minimum atomic E-state index is -0.376. The summed E-state index contributed by atoms with van der Waals surface area (Å²) in [7, 11) is 0. The molecule has 1 amide bonds. The molecule has 0 unspecified atom stereocenters. The van der Waals surface area contributed by atoms with Crippen LogP contribution in [0.15, 0.2) is 57.7 Å². The Morgan fingerprint density at radius 1 is 1.11 bits per heavy atom. The number of ether oxygens (including phenoxy) is 1. The van der Waals surface area contributed by atoms with Crippen LogP contribution in [0.3, 0.4) is 0 Å². The van der Waals surface area contributed by atoms with Gasteiger partial charge >= 0.3 is 5.63 Å². The van der Waals surface area contributed by atoms with Gasteiger partial charge in [0, 0.05) is 24.1 Å². The lowest BCUT2D eigenvalue weighted by atomic mass is 10.1. The van der Waals surface area contributed by atoms with Crippen molar-refractivity contribution in [1.29, 1.82) is 0 Å². The van der Waals surface area contributed by atoms with Gasteiger partial charge in [-0.3, -0.25) is 4.79 Å². The summed E-state index contributed by atoms with van der Waals surface area (Å²) in [6, 6.07) is 14.8. The third-order valence-corrected chi connectivity index (χ3v) is 4.30. The normalized spacial score (nSPS) is 10.7. The number of benzene rings is 2. The molecule has 0 bridgehead atoms. The van der Waals surface area contributed by atoms with E-state index in [1.54, 1.807) is 12.1 Å². The molecule has 1 N–H and O–H groups in total. The molecule has 0 atom stereocenters. The van der Waals surface area contributed by atoms with Gasteiger partial charge in [0.1, 0.15) is 11.3 Å². The molecule has 0 saturated heterocycles. The van der Waals surface area contributed by atoms with E-state index in [1.807, 2.05) is 37.3 Å². The summed E-state index contributed by atoms with van der Waals surface area (Å²) < 4.78 is 10.8. The molecule has 1 heterocycles. The SMILES string of the molecule is CCCc1cc(=O)oc2cc(OCC(=O)NCc3ccc(C)cc3)ccc12. The third-order valence-electron chi connectivity index (χ3n) is 4.30. The molecular weight excluding hydrogens is 342 g/mol. The minimum Gasteiger partial charge on any atom is -0.484 e. The molecular formula is C22H23NO4. The zero-order valence-electron chi connectivity index (χ0n) is 15.6. The summed E-state index contributed by atoms with van der Waals surface area (Å²) in [6.07, 6.45) is 1.75. The average Bonchev–Trinajstić information content (AvgIpc) is 2.65. The number of amides is 1. The smallest absolute Gasteiger partial charge is 0.336 e. The number of carbonyl (C=O) groups excluding carboxylic acids is 1. The maximum atomic E-state index is 12.0. The van der Waals surface area contributed by atoms with Crippen molar-refractivity contribution in [2.75, 3.05) is 6.61 Å². The minimum absolute atomic E-state index is 0.101. The lowest BCUT2D eigenvalue weighted by Crippen LogP contribution is -2.28. The summed E-state index contributed by atoms with van der Waals surface area (Å²) in [5.74, 6) is 0.279. The second-order valence-corrected chi connectivity index (χ2v) is 6.55. The van der Waals surface area contributed by atoms with Gasteiger partial charge in [0.2, 0.25) is 0 Å². The van der Waals surface area contributed by atoms with Gasteiger partial charge in [0.05, 0.1) is 0 Å². The summed E-state index contributed by atoms with van der Waals surface area (Å²) in [5.41, 5.74) is 3.27. The van der Waals surface area contributed by atoms with Crippen molar-refractivity contribution >= 4 is 16.9 Å². The molecule has 1 aromatic heterocycles. The molecule has 3 rings (SSSR count). The van der Waals surface area contributed by atoms with Crippen LogP contribution in [0, 0.1) is 6.92 Å². The van der Waals surface area contributed by atoms with Gasteiger partial charge in [-0.25, -0.2) is 4.79 Å². The van der Waals surface area contributed by atoms with Crippen molar-refractivity contribution < 1.29 is 13.9 Å². The van der Waals surface area contributed by atoms with E-state index < -0.39 is 0 Å². The van der Waals surface area contributed by atoms with Crippen molar-refractivity contribution in [1.82, 2.24) is 5.32 Å². The molecule has 0 aliphatic carbocycles. The standard InChI is InChI=1S/C22H23NO4/c1-3-4-17-11-22(25)27-20-12-18(9-10-19(17)20)26-14-21(24)23-13-16-7-5-15(2)6-8-16/h5-12H,3-4,13-14H2,1-2H3,(H,23,24). The molecule has 5 heteroatoms. The Labute approximate surface area is 158 Å². The van der Waals surface area contributed by atoms with Gasteiger partial charge < -0.3 is 14.5 Å². The lowest BCUT2D eigenvalue weighted by molar-refractivity contribution is -0.123.